The molecule has 1 saturated heterocycles. The first-order chi connectivity index (χ1) is 8.69. The summed E-state index contributed by atoms with van der Waals surface area (Å²) in [6.07, 6.45) is 2.25. The van der Waals surface area contributed by atoms with Gasteiger partial charge in [-0.1, -0.05) is 22.9 Å². The summed E-state index contributed by atoms with van der Waals surface area (Å²) < 4.78 is 14.7. The van der Waals surface area contributed by atoms with Crippen LogP contribution in [-0.4, -0.2) is 30.6 Å². The molecular weight excluding hydrogens is 295 g/mol. The first-order valence-corrected chi connectivity index (χ1v) is 7.38. The van der Waals surface area contributed by atoms with E-state index >= 15 is 0 Å². The fraction of sp³-hybridized carbons (Fsp3) is 0.571. The monoisotopic (exact) mass is 314 g/mol. The highest BCUT2D eigenvalue weighted by Gasteiger charge is 2.17. The van der Waals surface area contributed by atoms with E-state index in [4.69, 9.17) is 0 Å². The Balaban J connectivity index is 2.04. The molecule has 100 valence electrons. The van der Waals surface area contributed by atoms with E-state index in [0.29, 0.717) is 12.6 Å². The summed E-state index contributed by atoms with van der Waals surface area (Å²) in [4.78, 5) is 2.35. The molecule has 1 N–H and O–H groups in total. The molecule has 0 radical (unpaired) electrons. The third kappa shape index (κ3) is 3.77. The predicted molar refractivity (Wildman–Crippen MR) is 76.1 cm³/mol. The number of hydrogen-bond acceptors (Lipinski definition) is 2. The van der Waals surface area contributed by atoms with Crippen molar-refractivity contribution in [1.82, 2.24) is 10.2 Å². The van der Waals surface area contributed by atoms with E-state index < -0.39 is 0 Å². The average Bonchev–Trinajstić information content (AvgIpc) is 2.59. The second-order valence-electron chi connectivity index (χ2n) is 4.88. The third-order valence-electron chi connectivity index (χ3n) is 3.46. The standard InChI is InChI=1S/C14H20BrFN2/c1-2-13-10-18(7-3-6-17-13)9-11-8-12(15)4-5-14(11)16/h4-5,8,13,17H,2-3,6-7,9-10H2,1H3. The van der Waals surface area contributed by atoms with Crippen LogP contribution in [0.2, 0.25) is 0 Å². The van der Waals surface area contributed by atoms with Crippen molar-refractivity contribution in [2.45, 2.75) is 32.4 Å². The molecule has 1 aromatic carbocycles. The Morgan fingerprint density at radius 2 is 2.33 bits per heavy atom. The lowest BCUT2D eigenvalue weighted by molar-refractivity contribution is 0.254. The van der Waals surface area contributed by atoms with E-state index in [1.54, 1.807) is 6.07 Å². The van der Waals surface area contributed by atoms with Crippen molar-refractivity contribution in [1.29, 1.82) is 0 Å². The van der Waals surface area contributed by atoms with Crippen LogP contribution in [0.3, 0.4) is 0 Å². The Morgan fingerprint density at radius 3 is 3.11 bits per heavy atom. The minimum absolute atomic E-state index is 0.108. The summed E-state index contributed by atoms with van der Waals surface area (Å²) in [6.45, 7) is 6.00. The van der Waals surface area contributed by atoms with Crippen LogP contribution in [0.15, 0.2) is 22.7 Å². The van der Waals surface area contributed by atoms with Crippen LogP contribution in [0.1, 0.15) is 25.3 Å². The van der Waals surface area contributed by atoms with E-state index in [1.165, 1.54) is 6.07 Å². The molecule has 0 saturated carbocycles. The van der Waals surface area contributed by atoms with Gasteiger partial charge in [-0.2, -0.15) is 0 Å². The minimum atomic E-state index is -0.108. The zero-order chi connectivity index (χ0) is 13.0. The Bertz CT molecular complexity index is 397. The molecule has 2 nitrogen and oxygen atoms in total. The SMILES string of the molecule is CCC1CN(Cc2cc(Br)ccc2F)CCCN1. The summed E-state index contributed by atoms with van der Waals surface area (Å²) >= 11 is 3.40. The lowest BCUT2D eigenvalue weighted by Crippen LogP contribution is -2.36. The Hall–Kier alpha value is -0.450. The molecule has 2 rings (SSSR count). The van der Waals surface area contributed by atoms with Gasteiger partial charge < -0.3 is 5.32 Å². The van der Waals surface area contributed by atoms with Gasteiger partial charge in [0.1, 0.15) is 5.82 Å². The lowest BCUT2D eigenvalue weighted by atomic mass is 10.1. The maximum absolute atomic E-state index is 13.7. The fourth-order valence-electron chi connectivity index (χ4n) is 2.40. The first-order valence-electron chi connectivity index (χ1n) is 6.58. The summed E-state index contributed by atoms with van der Waals surface area (Å²) in [5.41, 5.74) is 0.779. The highest BCUT2D eigenvalue weighted by Crippen LogP contribution is 2.18. The quantitative estimate of drug-likeness (QED) is 0.922. The van der Waals surface area contributed by atoms with Crippen molar-refractivity contribution in [2.75, 3.05) is 19.6 Å². The van der Waals surface area contributed by atoms with E-state index in [1.807, 2.05) is 6.07 Å². The number of nitrogens with one attached hydrogen (secondary N) is 1. The number of halogens is 2. The molecule has 1 atom stereocenters. The minimum Gasteiger partial charge on any atom is -0.313 e. The highest BCUT2D eigenvalue weighted by atomic mass is 79.9. The zero-order valence-electron chi connectivity index (χ0n) is 10.8. The lowest BCUT2D eigenvalue weighted by Gasteiger charge is -2.24. The van der Waals surface area contributed by atoms with E-state index in [-0.39, 0.29) is 5.82 Å². The van der Waals surface area contributed by atoms with E-state index in [2.05, 4.69) is 33.1 Å². The van der Waals surface area contributed by atoms with Gasteiger partial charge in [0.25, 0.3) is 0 Å². The molecule has 0 aromatic heterocycles. The van der Waals surface area contributed by atoms with Crippen LogP contribution in [0.5, 0.6) is 0 Å². The Labute approximate surface area is 117 Å². The van der Waals surface area contributed by atoms with Crippen molar-refractivity contribution >= 4 is 15.9 Å². The molecular formula is C14H20BrFN2. The van der Waals surface area contributed by atoms with Gasteiger partial charge in [-0.15, -0.1) is 0 Å². The zero-order valence-corrected chi connectivity index (χ0v) is 12.3. The second kappa shape index (κ2) is 6.64. The molecule has 0 bridgehead atoms. The number of benzene rings is 1. The molecule has 0 amide bonds. The molecule has 1 unspecified atom stereocenters. The van der Waals surface area contributed by atoms with Crippen molar-refractivity contribution in [2.24, 2.45) is 0 Å². The molecule has 4 heteroatoms. The molecule has 1 fully saturated rings. The smallest absolute Gasteiger partial charge is 0.127 e. The number of nitrogens with zero attached hydrogens (tertiary/aromatic N) is 1. The maximum Gasteiger partial charge on any atom is 0.127 e. The van der Waals surface area contributed by atoms with Crippen LogP contribution in [-0.2, 0) is 6.54 Å². The van der Waals surface area contributed by atoms with Gasteiger partial charge in [-0.25, -0.2) is 4.39 Å². The van der Waals surface area contributed by atoms with Gasteiger partial charge in [0.15, 0.2) is 0 Å². The molecule has 1 aliphatic rings. The number of rotatable bonds is 3. The Kier molecular flexibility index (Phi) is 5.15. The van der Waals surface area contributed by atoms with Gasteiger partial charge in [-0.05, 0) is 44.1 Å². The molecule has 0 aliphatic carbocycles. The second-order valence-corrected chi connectivity index (χ2v) is 5.80. The average molecular weight is 315 g/mol. The van der Waals surface area contributed by atoms with E-state index in [0.717, 1.165) is 42.5 Å². The topological polar surface area (TPSA) is 15.3 Å². The third-order valence-corrected chi connectivity index (χ3v) is 3.95. The first kappa shape index (κ1) is 14.0. The maximum atomic E-state index is 13.7. The normalized spacial score (nSPS) is 21.8. The highest BCUT2D eigenvalue weighted by molar-refractivity contribution is 9.10. The van der Waals surface area contributed by atoms with Gasteiger partial charge in [-0.3, -0.25) is 4.90 Å². The summed E-state index contributed by atoms with van der Waals surface area (Å²) in [5, 5.41) is 3.53. The van der Waals surface area contributed by atoms with Crippen molar-refractivity contribution in [3.05, 3.63) is 34.1 Å². The van der Waals surface area contributed by atoms with Gasteiger partial charge >= 0.3 is 0 Å². The van der Waals surface area contributed by atoms with Crippen molar-refractivity contribution in [3.63, 3.8) is 0 Å². The Morgan fingerprint density at radius 1 is 1.50 bits per heavy atom. The van der Waals surface area contributed by atoms with Crippen LogP contribution in [0, 0.1) is 5.82 Å². The van der Waals surface area contributed by atoms with Crippen LogP contribution in [0.4, 0.5) is 4.39 Å². The van der Waals surface area contributed by atoms with Crippen molar-refractivity contribution < 1.29 is 4.39 Å². The van der Waals surface area contributed by atoms with E-state index in [9.17, 15) is 4.39 Å². The van der Waals surface area contributed by atoms with Crippen LogP contribution in [0.25, 0.3) is 0 Å². The number of hydrogen-bond donors (Lipinski definition) is 1. The molecule has 18 heavy (non-hydrogen) atoms. The molecule has 1 aliphatic heterocycles. The van der Waals surface area contributed by atoms with Crippen LogP contribution >= 0.6 is 15.9 Å². The van der Waals surface area contributed by atoms with Crippen LogP contribution < -0.4 is 5.32 Å². The molecule has 1 heterocycles. The largest absolute Gasteiger partial charge is 0.313 e. The van der Waals surface area contributed by atoms with Gasteiger partial charge in [0, 0.05) is 29.2 Å². The molecule has 1 aromatic rings. The van der Waals surface area contributed by atoms with Crippen molar-refractivity contribution in [3.8, 4) is 0 Å². The van der Waals surface area contributed by atoms with Gasteiger partial charge in [0.05, 0.1) is 0 Å². The summed E-state index contributed by atoms with van der Waals surface area (Å²) in [6, 6.07) is 5.70. The predicted octanol–water partition coefficient (Wildman–Crippen LogP) is 3.16. The summed E-state index contributed by atoms with van der Waals surface area (Å²) in [5.74, 6) is -0.108. The molecule has 0 spiro atoms. The fourth-order valence-corrected chi connectivity index (χ4v) is 2.81. The summed E-state index contributed by atoms with van der Waals surface area (Å²) in [7, 11) is 0. The van der Waals surface area contributed by atoms with Gasteiger partial charge in [0.2, 0.25) is 0 Å².